The quantitative estimate of drug-likeness (QED) is 0.787. The number of likely N-dealkylation sites (N-methyl/N-ethyl adjacent to an activating group) is 1. The van der Waals surface area contributed by atoms with E-state index in [2.05, 4.69) is 14.5 Å². The van der Waals surface area contributed by atoms with Gasteiger partial charge in [0.1, 0.15) is 0 Å². The second-order valence-corrected chi connectivity index (χ2v) is 4.47. The molecule has 0 bridgehead atoms. The third kappa shape index (κ3) is 2.38. The lowest BCUT2D eigenvalue weighted by molar-refractivity contribution is 0.151. The summed E-state index contributed by atoms with van der Waals surface area (Å²) in [6.07, 6.45) is 6.41. The normalized spacial score (nSPS) is 18.4. The second kappa shape index (κ2) is 4.33. The first-order valence-electron chi connectivity index (χ1n) is 5.54. The Morgan fingerprint density at radius 2 is 2.40 bits per heavy atom. The molecule has 0 radical (unpaired) electrons. The molecule has 1 atom stereocenters. The van der Waals surface area contributed by atoms with Crippen molar-refractivity contribution in [1.82, 2.24) is 14.5 Å². The molecule has 1 aromatic heterocycles. The van der Waals surface area contributed by atoms with E-state index in [9.17, 15) is 0 Å². The minimum atomic E-state index is 0.201. The zero-order chi connectivity index (χ0) is 10.8. The van der Waals surface area contributed by atoms with Crippen LogP contribution in [0.3, 0.4) is 0 Å². The van der Waals surface area contributed by atoms with Crippen LogP contribution in [0.4, 0.5) is 0 Å². The van der Waals surface area contributed by atoms with Crippen molar-refractivity contribution in [3.05, 3.63) is 18.2 Å². The minimum Gasteiger partial charge on any atom is -0.395 e. The maximum absolute atomic E-state index is 9.06. The third-order valence-corrected chi connectivity index (χ3v) is 3.11. The highest BCUT2D eigenvalue weighted by Gasteiger charge is 2.25. The van der Waals surface area contributed by atoms with E-state index in [-0.39, 0.29) is 12.6 Å². The number of hydrogen-bond acceptors (Lipinski definition) is 3. The molecule has 0 spiro atoms. The van der Waals surface area contributed by atoms with Crippen molar-refractivity contribution in [1.29, 1.82) is 0 Å². The summed E-state index contributed by atoms with van der Waals surface area (Å²) in [5.74, 6) is 0. The van der Waals surface area contributed by atoms with Gasteiger partial charge in [-0.25, -0.2) is 4.98 Å². The molecule has 1 aliphatic carbocycles. The minimum absolute atomic E-state index is 0.201. The van der Waals surface area contributed by atoms with Crippen LogP contribution in [0, 0.1) is 0 Å². The number of imidazole rings is 1. The Balaban J connectivity index is 2.00. The summed E-state index contributed by atoms with van der Waals surface area (Å²) in [6, 6.07) is 0.882. The first kappa shape index (κ1) is 10.6. The number of nitrogens with zero attached hydrogens (tertiary/aromatic N) is 3. The van der Waals surface area contributed by atoms with E-state index in [0.717, 1.165) is 6.54 Å². The van der Waals surface area contributed by atoms with Crippen molar-refractivity contribution in [2.75, 3.05) is 13.7 Å². The first-order valence-corrected chi connectivity index (χ1v) is 5.54. The Bertz CT molecular complexity index is 319. The van der Waals surface area contributed by atoms with Crippen LogP contribution in [0.1, 0.15) is 31.5 Å². The molecule has 0 amide bonds. The molecule has 84 valence electrons. The second-order valence-electron chi connectivity index (χ2n) is 4.47. The van der Waals surface area contributed by atoms with E-state index in [0.29, 0.717) is 6.04 Å². The first-order chi connectivity index (χ1) is 7.22. The van der Waals surface area contributed by atoms with Crippen LogP contribution in [0.2, 0.25) is 0 Å². The largest absolute Gasteiger partial charge is 0.395 e. The summed E-state index contributed by atoms with van der Waals surface area (Å²) in [5.41, 5.74) is 1.25. The van der Waals surface area contributed by atoms with Gasteiger partial charge in [0, 0.05) is 24.8 Å². The molecule has 1 aliphatic rings. The summed E-state index contributed by atoms with van der Waals surface area (Å²) >= 11 is 0. The maximum Gasteiger partial charge on any atom is 0.0951 e. The monoisotopic (exact) mass is 209 g/mol. The number of aromatic nitrogens is 2. The van der Waals surface area contributed by atoms with Gasteiger partial charge in [0.15, 0.2) is 0 Å². The fourth-order valence-electron chi connectivity index (χ4n) is 1.69. The Morgan fingerprint density at radius 1 is 1.67 bits per heavy atom. The van der Waals surface area contributed by atoms with Gasteiger partial charge in [-0.15, -0.1) is 0 Å². The summed E-state index contributed by atoms with van der Waals surface area (Å²) in [5, 5.41) is 9.06. The molecule has 15 heavy (non-hydrogen) atoms. The lowest BCUT2D eigenvalue weighted by atomic mass is 10.3. The Morgan fingerprint density at radius 3 is 3.00 bits per heavy atom. The topological polar surface area (TPSA) is 41.3 Å². The molecule has 0 aromatic carbocycles. The van der Waals surface area contributed by atoms with Crippen molar-refractivity contribution in [2.24, 2.45) is 0 Å². The van der Waals surface area contributed by atoms with Gasteiger partial charge in [0.2, 0.25) is 0 Å². The molecular weight excluding hydrogens is 190 g/mol. The molecule has 4 heteroatoms. The van der Waals surface area contributed by atoms with E-state index in [1.807, 2.05) is 26.5 Å². The molecule has 1 N–H and O–H groups in total. The van der Waals surface area contributed by atoms with Gasteiger partial charge in [-0.3, -0.25) is 4.90 Å². The van der Waals surface area contributed by atoms with E-state index >= 15 is 0 Å². The molecule has 1 heterocycles. The van der Waals surface area contributed by atoms with Gasteiger partial charge in [-0.2, -0.15) is 0 Å². The molecule has 1 saturated carbocycles. The summed E-state index contributed by atoms with van der Waals surface area (Å²) < 4.78 is 2.26. The van der Waals surface area contributed by atoms with E-state index in [1.165, 1.54) is 18.5 Å². The maximum atomic E-state index is 9.06. The summed E-state index contributed by atoms with van der Waals surface area (Å²) in [7, 11) is 2.03. The predicted octanol–water partition coefficient (Wildman–Crippen LogP) is 1.03. The molecular formula is C11H19N3O. The van der Waals surface area contributed by atoms with Gasteiger partial charge in [0.25, 0.3) is 0 Å². The van der Waals surface area contributed by atoms with Gasteiger partial charge >= 0.3 is 0 Å². The van der Waals surface area contributed by atoms with Gasteiger partial charge in [-0.1, -0.05) is 0 Å². The van der Waals surface area contributed by atoms with E-state index < -0.39 is 0 Å². The Hall–Kier alpha value is -0.870. The van der Waals surface area contributed by atoms with Crippen molar-refractivity contribution < 1.29 is 5.11 Å². The standard InChI is InChI=1S/C11H19N3O/c1-9(7-15)13(2)6-11-5-12-8-14(11)10-3-4-10/h5,8-10,15H,3-4,6-7H2,1-2H3. The average Bonchev–Trinajstić information content (AvgIpc) is 2.99. The van der Waals surface area contributed by atoms with Crippen molar-refractivity contribution in [2.45, 2.75) is 38.4 Å². The van der Waals surface area contributed by atoms with E-state index in [4.69, 9.17) is 5.11 Å². The fraction of sp³-hybridized carbons (Fsp3) is 0.727. The van der Waals surface area contributed by atoms with Crippen LogP contribution >= 0.6 is 0 Å². The van der Waals surface area contributed by atoms with Gasteiger partial charge in [-0.05, 0) is 26.8 Å². The number of aliphatic hydroxyl groups is 1. The third-order valence-electron chi connectivity index (χ3n) is 3.11. The average molecular weight is 209 g/mol. The molecule has 1 aromatic rings. The van der Waals surface area contributed by atoms with E-state index in [1.54, 1.807) is 0 Å². The lowest BCUT2D eigenvalue weighted by Gasteiger charge is -2.23. The molecule has 0 saturated heterocycles. The number of hydrogen-bond donors (Lipinski definition) is 1. The lowest BCUT2D eigenvalue weighted by Crippen LogP contribution is -2.32. The Kier molecular flexibility index (Phi) is 3.07. The number of aliphatic hydroxyl groups excluding tert-OH is 1. The van der Waals surface area contributed by atoms with Gasteiger partial charge < -0.3 is 9.67 Å². The highest BCUT2D eigenvalue weighted by molar-refractivity contribution is 5.03. The molecule has 1 fully saturated rings. The molecule has 1 unspecified atom stereocenters. The zero-order valence-electron chi connectivity index (χ0n) is 9.43. The van der Waals surface area contributed by atoms with Crippen LogP contribution in [0.5, 0.6) is 0 Å². The smallest absolute Gasteiger partial charge is 0.0951 e. The molecule has 2 rings (SSSR count). The Labute approximate surface area is 90.5 Å². The molecule has 4 nitrogen and oxygen atoms in total. The van der Waals surface area contributed by atoms with Crippen LogP contribution in [-0.4, -0.2) is 39.3 Å². The van der Waals surface area contributed by atoms with Crippen molar-refractivity contribution >= 4 is 0 Å². The predicted molar refractivity (Wildman–Crippen MR) is 58.5 cm³/mol. The highest BCUT2D eigenvalue weighted by Crippen LogP contribution is 2.35. The fourth-order valence-corrected chi connectivity index (χ4v) is 1.69. The summed E-state index contributed by atoms with van der Waals surface area (Å²) in [4.78, 5) is 6.34. The van der Waals surface area contributed by atoms with Crippen molar-refractivity contribution in [3.63, 3.8) is 0 Å². The van der Waals surface area contributed by atoms with Crippen LogP contribution < -0.4 is 0 Å². The number of rotatable bonds is 5. The highest BCUT2D eigenvalue weighted by atomic mass is 16.3. The SMILES string of the molecule is CC(CO)N(C)Cc1cncn1C1CC1. The molecule has 0 aliphatic heterocycles. The zero-order valence-corrected chi connectivity index (χ0v) is 9.43. The van der Waals surface area contributed by atoms with Crippen molar-refractivity contribution in [3.8, 4) is 0 Å². The van der Waals surface area contributed by atoms with Crippen LogP contribution in [0.15, 0.2) is 12.5 Å². The van der Waals surface area contributed by atoms with Crippen LogP contribution in [0.25, 0.3) is 0 Å². The van der Waals surface area contributed by atoms with Crippen LogP contribution in [-0.2, 0) is 6.54 Å². The van der Waals surface area contributed by atoms with Gasteiger partial charge in [0.05, 0.1) is 18.6 Å². The summed E-state index contributed by atoms with van der Waals surface area (Å²) in [6.45, 7) is 3.09.